The fraction of sp³-hybridized carbons (Fsp3) is 0.0556. The van der Waals surface area contributed by atoms with Crippen LogP contribution in [0.1, 0.15) is 11.1 Å². The highest BCUT2D eigenvalue weighted by atomic mass is 14.7. The molecule has 2 heteroatoms. The Labute approximate surface area is 118 Å². The molecule has 0 saturated heterocycles. The lowest BCUT2D eigenvalue weighted by atomic mass is 9.99. The SMILES string of the molecule is Nc1c(Cc2ccccc2)cncc1-c1ccccc1. The van der Waals surface area contributed by atoms with Gasteiger partial charge in [-0.1, -0.05) is 60.7 Å². The Morgan fingerprint density at radius 3 is 2.15 bits per heavy atom. The molecule has 0 aliphatic rings. The maximum Gasteiger partial charge on any atom is 0.0460 e. The van der Waals surface area contributed by atoms with E-state index in [4.69, 9.17) is 5.73 Å². The Balaban J connectivity index is 1.98. The molecule has 2 aromatic carbocycles. The van der Waals surface area contributed by atoms with Crippen LogP contribution in [0.15, 0.2) is 73.1 Å². The van der Waals surface area contributed by atoms with Crippen LogP contribution in [0.5, 0.6) is 0 Å². The number of aromatic nitrogens is 1. The highest BCUT2D eigenvalue weighted by Gasteiger charge is 2.08. The minimum absolute atomic E-state index is 0.806. The van der Waals surface area contributed by atoms with E-state index < -0.39 is 0 Å². The molecule has 0 aliphatic carbocycles. The fourth-order valence-electron chi connectivity index (χ4n) is 2.32. The second-order valence-corrected chi connectivity index (χ2v) is 4.79. The number of hydrogen-bond acceptors (Lipinski definition) is 2. The number of pyridine rings is 1. The molecule has 2 N–H and O–H groups in total. The van der Waals surface area contributed by atoms with Crippen LogP contribution >= 0.6 is 0 Å². The largest absolute Gasteiger partial charge is 0.398 e. The van der Waals surface area contributed by atoms with Crippen LogP contribution in [0.25, 0.3) is 11.1 Å². The smallest absolute Gasteiger partial charge is 0.0460 e. The first-order chi connectivity index (χ1) is 9.84. The fourth-order valence-corrected chi connectivity index (χ4v) is 2.32. The molecule has 0 unspecified atom stereocenters. The predicted molar refractivity (Wildman–Crippen MR) is 83.3 cm³/mol. The number of rotatable bonds is 3. The standard InChI is InChI=1S/C18H16N2/c19-18-16(11-14-7-3-1-4-8-14)12-20-13-17(18)15-9-5-2-6-10-15/h1-10,12-13H,11H2,(H2,19,20). The lowest BCUT2D eigenvalue weighted by Gasteiger charge is -2.10. The van der Waals surface area contributed by atoms with Gasteiger partial charge in [0.2, 0.25) is 0 Å². The molecule has 0 atom stereocenters. The zero-order valence-electron chi connectivity index (χ0n) is 11.2. The molecule has 0 amide bonds. The van der Waals surface area contributed by atoms with Gasteiger partial charge in [0.1, 0.15) is 0 Å². The van der Waals surface area contributed by atoms with E-state index in [9.17, 15) is 0 Å². The zero-order valence-corrected chi connectivity index (χ0v) is 11.2. The molecular weight excluding hydrogens is 244 g/mol. The lowest BCUT2D eigenvalue weighted by Crippen LogP contribution is -1.99. The molecule has 1 aromatic heterocycles. The van der Waals surface area contributed by atoms with Crippen molar-refractivity contribution in [2.45, 2.75) is 6.42 Å². The first-order valence-corrected chi connectivity index (χ1v) is 6.66. The number of nitrogens with two attached hydrogens (primary N) is 1. The van der Waals surface area contributed by atoms with Crippen LogP contribution in [0.4, 0.5) is 5.69 Å². The number of benzene rings is 2. The summed E-state index contributed by atoms with van der Waals surface area (Å²) in [6, 6.07) is 20.5. The molecule has 0 bridgehead atoms. The minimum Gasteiger partial charge on any atom is -0.398 e. The second-order valence-electron chi connectivity index (χ2n) is 4.79. The zero-order chi connectivity index (χ0) is 13.8. The van der Waals surface area contributed by atoms with Gasteiger partial charge in [0, 0.05) is 30.1 Å². The Hall–Kier alpha value is -2.61. The van der Waals surface area contributed by atoms with E-state index in [0.29, 0.717) is 0 Å². The van der Waals surface area contributed by atoms with Crippen LogP contribution < -0.4 is 5.73 Å². The maximum absolute atomic E-state index is 6.32. The van der Waals surface area contributed by atoms with E-state index in [-0.39, 0.29) is 0 Å². The van der Waals surface area contributed by atoms with Gasteiger partial charge in [-0.05, 0) is 16.7 Å². The third-order valence-electron chi connectivity index (χ3n) is 3.39. The Kier molecular flexibility index (Phi) is 3.46. The van der Waals surface area contributed by atoms with Crippen molar-refractivity contribution in [3.05, 3.63) is 84.2 Å². The third kappa shape index (κ3) is 2.54. The highest BCUT2D eigenvalue weighted by molar-refractivity contribution is 5.77. The van der Waals surface area contributed by atoms with Crippen molar-refractivity contribution >= 4 is 5.69 Å². The number of anilines is 1. The second kappa shape index (κ2) is 5.57. The Morgan fingerprint density at radius 1 is 0.800 bits per heavy atom. The highest BCUT2D eigenvalue weighted by Crippen LogP contribution is 2.28. The average Bonchev–Trinajstić information content (AvgIpc) is 2.51. The molecule has 0 radical (unpaired) electrons. The molecular formula is C18H16N2. The summed E-state index contributed by atoms with van der Waals surface area (Å²) in [6.07, 6.45) is 4.49. The van der Waals surface area contributed by atoms with E-state index >= 15 is 0 Å². The van der Waals surface area contributed by atoms with Crippen molar-refractivity contribution in [1.82, 2.24) is 4.98 Å². The summed E-state index contributed by atoms with van der Waals surface area (Å²) in [7, 11) is 0. The van der Waals surface area contributed by atoms with Gasteiger partial charge in [0.15, 0.2) is 0 Å². The molecule has 0 saturated carbocycles. The molecule has 0 fully saturated rings. The molecule has 98 valence electrons. The molecule has 0 aliphatic heterocycles. The van der Waals surface area contributed by atoms with E-state index in [0.717, 1.165) is 28.8 Å². The first kappa shape index (κ1) is 12.4. The molecule has 3 aromatic rings. The maximum atomic E-state index is 6.32. The summed E-state index contributed by atoms with van der Waals surface area (Å²) in [5.41, 5.74) is 11.6. The summed E-state index contributed by atoms with van der Waals surface area (Å²) in [4.78, 5) is 4.34. The normalized spacial score (nSPS) is 10.4. The van der Waals surface area contributed by atoms with Gasteiger partial charge < -0.3 is 5.73 Å². The van der Waals surface area contributed by atoms with E-state index in [2.05, 4.69) is 29.2 Å². The van der Waals surface area contributed by atoms with E-state index in [1.807, 2.05) is 48.8 Å². The van der Waals surface area contributed by atoms with E-state index in [1.54, 1.807) is 0 Å². The van der Waals surface area contributed by atoms with Gasteiger partial charge >= 0.3 is 0 Å². The van der Waals surface area contributed by atoms with Gasteiger partial charge in [0.05, 0.1) is 0 Å². The topological polar surface area (TPSA) is 38.9 Å². The van der Waals surface area contributed by atoms with Crippen LogP contribution in [0.3, 0.4) is 0 Å². The minimum atomic E-state index is 0.806. The molecule has 1 heterocycles. The third-order valence-corrected chi connectivity index (χ3v) is 3.39. The first-order valence-electron chi connectivity index (χ1n) is 6.66. The number of hydrogen-bond donors (Lipinski definition) is 1. The van der Waals surface area contributed by atoms with Gasteiger partial charge in [-0.3, -0.25) is 4.98 Å². The summed E-state index contributed by atoms with van der Waals surface area (Å²) in [5.74, 6) is 0. The molecule has 20 heavy (non-hydrogen) atoms. The predicted octanol–water partition coefficient (Wildman–Crippen LogP) is 3.92. The number of nitrogens with zero attached hydrogens (tertiary/aromatic N) is 1. The van der Waals surface area contributed by atoms with Crippen LogP contribution in [0.2, 0.25) is 0 Å². The average molecular weight is 260 g/mol. The number of nitrogen functional groups attached to an aromatic ring is 1. The van der Waals surface area contributed by atoms with Crippen molar-refractivity contribution in [2.75, 3.05) is 5.73 Å². The van der Waals surface area contributed by atoms with Gasteiger partial charge in [-0.2, -0.15) is 0 Å². The molecule has 0 spiro atoms. The Bertz CT molecular complexity index is 691. The van der Waals surface area contributed by atoms with Crippen LogP contribution in [0, 0.1) is 0 Å². The monoisotopic (exact) mass is 260 g/mol. The van der Waals surface area contributed by atoms with Crippen molar-refractivity contribution in [1.29, 1.82) is 0 Å². The van der Waals surface area contributed by atoms with Crippen molar-refractivity contribution < 1.29 is 0 Å². The van der Waals surface area contributed by atoms with Crippen molar-refractivity contribution in [3.8, 4) is 11.1 Å². The quantitative estimate of drug-likeness (QED) is 0.775. The van der Waals surface area contributed by atoms with Gasteiger partial charge in [0.25, 0.3) is 0 Å². The van der Waals surface area contributed by atoms with E-state index in [1.165, 1.54) is 5.56 Å². The summed E-state index contributed by atoms with van der Waals surface area (Å²) >= 11 is 0. The van der Waals surface area contributed by atoms with Gasteiger partial charge in [-0.15, -0.1) is 0 Å². The molecule has 3 rings (SSSR count). The van der Waals surface area contributed by atoms with Crippen molar-refractivity contribution in [2.24, 2.45) is 0 Å². The van der Waals surface area contributed by atoms with Crippen LogP contribution in [-0.4, -0.2) is 4.98 Å². The lowest BCUT2D eigenvalue weighted by molar-refractivity contribution is 1.15. The Morgan fingerprint density at radius 2 is 1.45 bits per heavy atom. The van der Waals surface area contributed by atoms with Crippen LogP contribution in [-0.2, 0) is 6.42 Å². The van der Waals surface area contributed by atoms with Crippen molar-refractivity contribution in [3.63, 3.8) is 0 Å². The van der Waals surface area contributed by atoms with Gasteiger partial charge in [-0.25, -0.2) is 0 Å². The summed E-state index contributed by atoms with van der Waals surface area (Å²) < 4.78 is 0. The summed E-state index contributed by atoms with van der Waals surface area (Å²) in [5, 5.41) is 0. The molecule has 2 nitrogen and oxygen atoms in total. The summed E-state index contributed by atoms with van der Waals surface area (Å²) in [6.45, 7) is 0.